The van der Waals surface area contributed by atoms with Crippen LogP contribution in [0.3, 0.4) is 0 Å². The Labute approximate surface area is 189 Å². The van der Waals surface area contributed by atoms with Crippen molar-refractivity contribution in [2.75, 3.05) is 31.7 Å². The molecule has 6 nitrogen and oxygen atoms in total. The topological polar surface area (TPSA) is 55.7 Å². The number of aromatic nitrogens is 1. The molecule has 0 fully saturated rings. The molecule has 1 aliphatic rings. The van der Waals surface area contributed by atoms with Gasteiger partial charge in [0, 0.05) is 36.3 Å². The van der Waals surface area contributed by atoms with Gasteiger partial charge >= 0.3 is 6.09 Å². The van der Waals surface area contributed by atoms with E-state index < -0.39 is 6.09 Å². The summed E-state index contributed by atoms with van der Waals surface area (Å²) in [7, 11) is 0. The Balaban J connectivity index is 1.51. The predicted molar refractivity (Wildman–Crippen MR) is 129 cm³/mol. The fraction of sp³-hybridized carbons (Fsp3) is 0.346. The van der Waals surface area contributed by atoms with Crippen LogP contribution in [0.15, 0.2) is 60.8 Å². The zero-order chi connectivity index (χ0) is 22.3. The lowest BCUT2D eigenvalue weighted by molar-refractivity contribution is 0.212. The highest BCUT2D eigenvalue weighted by molar-refractivity contribution is 5.94. The molecule has 1 N–H and O–H groups in total. The van der Waals surface area contributed by atoms with Crippen molar-refractivity contribution in [3.8, 4) is 11.5 Å². The number of amides is 1. The lowest BCUT2D eigenvalue weighted by atomic mass is 9.99. The van der Waals surface area contributed by atoms with E-state index >= 15 is 0 Å². The lowest BCUT2D eigenvalue weighted by Crippen LogP contribution is -2.29. The van der Waals surface area contributed by atoms with Crippen LogP contribution in [-0.2, 0) is 0 Å². The summed E-state index contributed by atoms with van der Waals surface area (Å²) in [4.78, 5) is 15.1. The average Bonchev–Trinajstić information content (AvgIpc) is 3.17. The van der Waals surface area contributed by atoms with E-state index in [0.717, 1.165) is 42.5 Å². The molecule has 0 unspecified atom stereocenters. The number of carbonyl (C=O) groups is 1. The second-order valence-corrected chi connectivity index (χ2v) is 7.97. The summed E-state index contributed by atoms with van der Waals surface area (Å²) >= 11 is 0. The Bertz CT molecular complexity index is 1100. The molecule has 0 atom stereocenters. The number of nitrogens with one attached hydrogen (secondary N) is 1. The van der Waals surface area contributed by atoms with Gasteiger partial charge in [0.25, 0.3) is 0 Å². The Morgan fingerprint density at radius 1 is 1.09 bits per heavy atom. The fourth-order valence-electron chi connectivity index (χ4n) is 4.09. The maximum Gasteiger partial charge on any atom is 0.431 e. The fourth-order valence-corrected chi connectivity index (χ4v) is 4.09. The number of benzene rings is 2. The largest absolute Gasteiger partial charge is 0.494 e. The number of rotatable bonds is 8. The van der Waals surface area contributed by atoms with E-state index in [1.54, 1.807) is 22.9 Å². The van der Waals surface area contributed by atoms with Crippen molar-refractivity contribution in [2.45, 2.75) is 33.1 Å². The summed E-state index contributed by atoms with van der Waals surface area (Å²) in [6, 6.07) is 15.2. The third kappa shape index (κ3) is 5.14. The van der Waals surface area contributed by atoms with Gasteiger partial charge in [-0.1, -0.05) is 43.7 Å². The summed E-state index contributed by atoms with van der Waals surface area (Å²) in [5, 5.41) is 1.12. The molecule has 0 aliphatic carbocycles. The highest BCUT2D eigenvalue weighted by Gasteiger charge is 2.18. The van der Waals surface area contributed by atoms with E-state index in [4.69, 9.17) is 9.47 Å². The van der Waals surface area contributed by atoms with E-state index in [1.807, 2.05) is 37.4 Å². The first-order valence-corrected chi connectivity index (χ1v) is 11.4. The number of hydrogen-bond donors (Lipinski definition) is 1. The number of nitrogens with zero attached hydrogens (tertiary/aromatic N) is 2. The van der Waals surface area contributed by atoms with Gasteiger partial charge in [0.2, 0.25) is 0 Å². The standard InChI is InChI=1S/C26H31N3O3/c1-3-5-15-28-16-13-20(14-17-28)24-19-29(25-12-7-6-11-23(24)25)27-26(30)32-22-10-8-9-21(18-22)31-4-2/h6-13,18-19H,3-5,14-17H2,1-2H3,(H,27,30). The molecule has 0 saturated carbocycles. The van der Waals surface area contributed by atoms with Crippen LogP contribution in [0.2, 0.25) is 0 Å². The summed E-state index contributed by atoms with van der Waals surface area (Å²) in [5.41, 5.74) is 6.29. The molecule has 6 heteroatoms. The molecule has 32 heavy (non-hydrogen) atoms. The predicted octanol–water partition coefficient (Wildman–Crippen LogP) is 5.67. The molecule has 0 spiro atoms. The first-order chi connectivity index (χ1) is 15.7. The molecular formula is C26H31N3O3. The average molecular weight is 434 g/mol. The number of hydrogen-bond acceptors (Lipinski definition) is 4. The van der Waals surface area contributed by atoms with Crippen LogP contribution in [0, 0.1) is 0 Å². The normalized spacial score (nSPS) is 14.2. The minimum Gasteiger partial charge on any atom is -0.494 e. The molecule has 4 rings (SSSR count). The smallest absolute Gasteiger partial charge is 0.431 e. The van der Waals surface area contributed by atoms with Crippen molar-refractivity contribution in [3.63, 3.8) is 0 Å². The molecule has 3 aromatic rings. The quantitative estimate of drug-likeness (QED) is 0.497. The summed E-state index contributed by atoms with van der Waals surface area (Å²) < 4.78 is 12.7. The van der Waals surface area contributed by atoms with Crippen LogP contribution >= 0.6 is 0 Å². The number of fused-ring (bicyclic) bond motifs is 1. The Morgan fingerprint density at radius 2 is 1.94 bits per heavy atom. The van der Waals surface area contributed by atoms with Gasteiger partial charge in [-0.05, 0) is 50.1 Å². The van der Waals surface area contributed by atoms with Gasteiger partial charge in [-0.2, -0.15) is 0 Å². The van der Waals surface area contributed by atoms with Crippen molar-refractivity contribution in [3.05, 3.63) is 66.4 Å². The third-order valence-electron chi connectivity index (χ3n) is 5.72. The summed E-state index contributed by atoms with van der Waals surface area (Å²) in [6.45, 7) is 7.89. The molecule has 1 aromatic heterocycles. The molecule has 0 saturated heterocycles. The highest BCUT2D eigenvalue weighted by atomic mass is 16.6. The van der Waals surface area contributed by atoms with Crippen molar-refractivity contribution >= 4 is 22.6 Å². The van der Waals surface area contributed by atoms with Crippen LogP contribution < -0.4 is 14.9 Å². The SMILES string of the molecule is CCCCN1CC=C(c2cn(NC(=O)Oc3cccc(OCC)c3)c3ccccc23)CC1. The van der Waals surface area contributed by atoms with Crippen LogP contribution in [0.5, 0.6) is 11.5 Å². The van der Waals surface area contributed by atoms with Crippen LogP contribution in [0.4, 0.5) is 4.79 Å². The van der Waals surface area contributed by atoms with E-state index in [0.29, 0.717) is 18.1 Å². The Hall–Kier alpha value is -3.25. The van der Waals surface area contributed by atoms with Gasteiger partial charge in [0.15, 0.2) is 0 Å². The van der Waals surface area contributed by atoms with Gasteiger partial charge in [-0.15, -0.1) is 0 Å². The first kappa shape index (κ1) is 22.0. The molecule has 0 radical (unpaired) electrons. The highest BCUT2D eigenvalue weighted by Crippen LogP contribution is 2.30. The number of unbranched alkanes of at least 4 members (excludes halogenated alkanes) is 1. The number of ether oxygens (including phenoxy) is 2. The third-order valence-corrected chi connectivity index (χ3v) is 5.72. The Morgan fingerprint density at radius 3 is 2.72 bits per heavy atom. The maximum absolute atomic E-state index is 12.6. The van der Waals surface area contributed by atoms with Crippen molar-refractivity contribution in [1.82, 2.24) is 9.58 Å². The lowest BCUT2D eigenvalue weighted by Gasteiger charge is -2.26. The zero-order valence-electron chi connectivity index (χ0n) is 18.8. The van der Waals surface area contributed by atoms with E-state index in [2.05, 4.69) is 29.4 Å². The molecular weight excluding hydrogens is 402 g/mol. The zero-order valence-corrected chi connectivity index (χ0v) is 18.8. The van der Waals surface area contributed by atoms with Gasteiger partial charge < -0.3 is 9.47 Å². The molecule has 2 aromatic carbocycles. The summed E-state index contributed by atoms with van der Waals surface area (Å²) in [6.07, 6.45) is 7.24. The van der Waals surface area contributed by atoms with Crippen LogP contribution in [0.25, 0.3) is 16.5 Å². The van der Waals surface area contributed by atoms with E-state index in [1.165, 1.54) is 18.4 Å². The molecule has 2 heterocycles. The van der Waals surface area contributed by atoms with Gasteiger partial charge in [-0.3, -0.25) is 9.58 Å². The van der Waals surface area contributed by atoms with Crippen molar-refractivity contribution in [1.29, 1.82) is 0 Å². The van der Waals surface area contributed by atoms with Gasteiger partial charge in [-0.25, -0.2) is 10.2 Å². The first-order valence-electron chi connectivity index (χ1n) is 11.4. The number of carbonyl (C=O) groups excluding carboxylic acids is 1. The molecule has 168 valence electrons. The maximum atomic E-state index is 12.6. The minimum absolute atomic E-state index is 0.437. The number of para-hydroxylation sites is 1. The summed E-state index contributed by atoms with van der Waals surface area (Å²) in [5.74, 6) is 1.11. The Kier molecular flexibility index (Phi) is 7.12. The minimum atomic E-state index is -0.547. The van der Waals surface area contributed by atoms with Gasteiger partial charge in [0.1, 0.15) is 11.5 Å². The second-order valence-electron chi connectivity index (χ2n) is 7.97. The van der Waals surface area contributed by atoms with E-state index in [9.17, 15) is 4.79 Å². The van der Waals surface area contributed by atoms with E-state index in [-0.39, 0.29) is 0 Å². The molecule has 1 amide bonds. The van der Waals surface area contributed by atoms with Crippen molar-refractivity contribution in [2.24, 2.45) is 0 Å². The second kappa shape index (κ2) is 10.4. The van der Waals surface area contributed by atoms with Crippen molar-refractivity contribution < 1.29 is 14.3 Å². The molecule has 0 bridgehead atoms. The van der Waals surface area contributed by atoms with Gasteiger partial charge in [0.05, 0.1) is 12.1 Å². The molecule has 1 aliphatic heterocycles. The van der Waals surface area contributed by atoms with Crippen LogP contribution in [-0.4, -0.2) is 41.9 Å². The monoisotopic (exact) mass is 433 g/mol. The van der Waals surface area contributed by atoms with Crippen LogP contribution in [0.1, 0.15) is 38.7 Å².